The molecule has 5 N–H and O–H groups in total. The van der Waals surface area contributed by atoms with Gasteiger partial charge in [0.05, 0.1) is 6.54 Å². The van der Waals surface area contributed by atoms with E-state index < -0.39 is 0 Å². The van der Waals surface area contributed by atoms with Crippen LogP contribution in [0.1, 0.15) is 51.1 Å². The first-order valence-electron chi connectivity index (χ1n) is 11.5. The molecule has 1 atom stereocenters. The highest BCUT2D eigenvalue weighted by molar-refractivity contribution is 5.80. The van der Waals surface area contributed by atoms with Gasteiger partial charge in [-0.15, -0.1) is 0 Å². The van der Waals surface area contributed by atoms with Gasteiger partial charge < -0.3 is 31.3 Å². The lowest BCUT2D eigenvalue weighted by Crippen LogP contribution is -2.54. The van der Waals surface area contributed by atoms with Gasteiger partial charge in [-0.2, -0.15) is 0 Å². The average Bonchev–Trinajstić information content (AvgIpc) is 2.79. The van der Waals surface area contributed by atoms with E-state index >= 15 is 0 Å². The van der Waals surface area contributed by atoms with Gasteiger partial charge in [0.2, 0.25) is 0 Å². The van der Waals surface area contributed by atoms with Gasteiger partial charge in [-0.25, -0.2) is 4.79 Å². The number of amides is 2. The highest BCUT2D eigenvalue weighted by Crippen LogP contribution is 2.26. The van der Waals surface area contributed by atoms with E-state index in [9.17, 15) is 4.79 Å². The molecule has 172 valence electrons. The number of benzene rings is 1. The lowest BCUT2D eigenvalue weighted by atomic mass is 9.88. The Hall–Kier alpha value is -2.32. The van der Waals surface area contributed by atoms with Crippen molar-refractivity contribution < 1.29 is 9.53 Å². The molecule has 1 aromatic carbocycles. The summed E-state index contributed by atoms with van der Waals surface area (Å²) in [4.78, 5) is 18.0. The molecule has 0 bridgehead atoms. The zero-order valence-electron chi connectivity index (χ0n) is 18.9. The summed E-state index contributed by atoms with van der Waals surface area (Å²) in [6, 6.07) is 10.7. The molecule has 8 heteroatoms. The zero-order chi connectivity index (χ0) is 22.1. The summed E-state index contributed by atoms with van der Waals surface area (Å²) in [5.41, 5.74) is 6.59. The molecule has 0 spiro atoms. The number of hydrogen-bond acceptors (Lipinski definition) is 4. The fraction of sp³-hybridized carbons (Fsp3) is 0.652. The predicted molar refractivity (Wildman–Crippen MR) is 124 cm³/mol. The Morgan fingerprint density at radius 1 is 1.26 bits per heavy atom. The van der Waals surface area contributed by atoms with Crippen LogP contribution in [0.5, 0.6) is 0 Å². The van der Waals surface area contributed by atoms with Crippen LogP contribution in [0, 0.1) is 0 Å². The Morgan fingerprint density at radius 2 is 1.94 bits per heavy atom. The number of rotatable bonds is 7. The van der Waals surface area contributed by atoms with E-state index in [1.54, 1.807) is 4.90 Å². The fourth-order valence-corrected chi connectivity index (χ4v) is 4.38. The molecule has 2 amide bonds. The predicted octanol–water partition coefficient (Wildman–Crippen LogP) is 1.98. The van der Waals surface area contributed by atoms with Crippen LogP contribution in [-0.2, 0) is 4.74 Å². The van der Waals surface area contributed by atoms with Crippen LogP contribution < -0.4 is 21.7 Å². The molecule has 2 aliphatic heterocycles. The Kier molecular flexibility index (Phi) is 8.54. The molecular formula is C23H38N6O2. The summed E-state index contributed by atoms with van der Waals surface area (Å²) in [7, 11) is 0. The molecule has 0 saturated carbocycles. The van der Waals surface area contributed by atoms with Crippen molar-refractivity contribution in [2.75, 3.05) is 39.4 Å². The summed E-state index contributed by atoms with van der Waals surface area (Å²) >= 11 is 0. The van der Waals surface area contributed by atoms with Crippen molar-refractivity contribution in [2.24, 2.45) is 10.7 Å². The number of hydrogen-bond donors (Lipinski definition) is 4. The van der Waals surface area contributed by atoms with E-state index in [1.165, 1.54) is 5.56 Å². The van der Waals surface area contributed by atoms with E-state index in [-0.39, 0.29) is 23.7 Å². The van der Waals surface area contributed by atoms with Gasteiger partial charge in [-0.3, -0.25) is 4.99 Å². The van der Waals surface area contributed by atoms with Gasteiger partial charge in [0.15, 0.2) is 5.96 Å². The van der Waals surface area contributed by atoms with Gasteiger partial charge in [-0.05, 0) is 45.1 Å². The van der Waals surface area contributed by atoms with Crippen LogP contribution in [0.15, 0.2) is 35.3 Å². The summed E-state index contributed by atoms with van der Waals surface area (Å²) in [6.45, 7) is 8.64. The van der Waals surface area contributed by atoms with Crippen LogP contribution >= 0.6 is 0 Å². The lowest BCUT2D eigenvalue weighted by molar-refractivity contribution is 0.0374. The summed E-state index contributed by atoms with van der Waals surface area (Å²) in [5.74, 6) is 0.833. The average molecular weight is 431 g/mol. The number of likely N-dealkylation sites (tertiary alicyclic amines) is 1. The molecule has 0 aliphatic carbocycles. The second kappa shape index (κ2) is 11.3. The van der Waals surface area contributed by atoms with Gasteiger partial charge in [0.1, 0.15) is 0 Å². The third kappa shape index (κ3) is 6.83. The summed E-state index contributed by atoms with van der Waals surface area (Å²) in [6.07, 6.45) is 3.61. The molecule has 1 aromatic rings. The first kappa shape index (κ1) is 23.3. The number of nitrogens with zero attached hydrogens (tertiary/aromatic N) is 2. The van der Waals surface area contributed by atoms with Crippen LogP contribution in [0.2, 0.25) is 0 Å². The minimum atomic E-state index is -0.334. The number of primary amides is 1. The maximum absolute atomic E-state index is 11.4. The first-order valence-corrected chi connectivity index (χ1v) is 11.5. The molecule has 31 heavy (non-hydrogen) atoms. The molecule has 2 aliphatic rings. The van der Waals surface area contributed by atoms with Gasteiger partial charge in [0.25, 0.3) is 0 Å². The zero-order valence-corrected chi connectivity index (χ0v) is 18.9. The van der Waals surface area contributed by atoms with Crippen molar-refractivity contribution in [3.05, 3.63) is 35.9 Å². The minimum absolute atomic E-state index is 0.0921. The maximum Gasteiger partial charge on any atom is 0.314 e. The normalized spacial score (nSPS) is 20.8. The highest BCUT2D eigenvalue weighted by Gasteiger charge is 2.34. The topological polar surface area (TPSA) is 104 Å². The Labute approximate surface area is 186 Å². The SMILES string of the molecule is CCNC(=NCC1(NC(C)c2ccccc2)CCOCC1)NC1CCN(C(N)=O)CC1. The van der Waals surface area contributed by atoms with E-state index in [2.05, 4.69) is 54.1 Å². The molecule has 0 aromatic heterocycles. The van der Waals surface area contributed by atoms with Crippen molar-refractivity contribution >= 4 is 12.0 Å². The van der Waals surface area contributed by atoms with Crippen LogP contribution in [0.4, 0.5) is 4.79 Å². The van der Waals surface area contributed by atoms with Crippen molar-refractivity contribution in [1.29, 1.82) is 0 Å². The van der Waals surface area contributed by atoms with Crippen LogP contribution in [0.25, 0.3) is 0 Å². The van der Waals surface area contributed by atoms with Crippen molar-refractivity contribution in [1.82, 2.24) is 20.9 Å². The second-order valence-electron chi connectivity index (χ2n) is 8.61. The molecule has 3 rings (SSSR count). The van der Waals surface area contributed by atoms with E-state index in [0.717, 1.165) is 51.4 Å². The molecular weight excluding hydrogens is 392 g/mol. The number of carbonyl (C=O) groups excluding carboxylic acids is 1. The summed E-state index contributed by atoms with van der Waals surface area (Å²) < 4.78 is 5.66. The third-order valence-electron chi connectivity index (χ3n) is 6.30. The standard InChI is InChI=1S/C23H38N6O2/c1-3-25-22(27-20-9-13-29(14-10-20)21(24)30)26-17-23(11-15-31-16-12-23)28-18(2)19-7-5-4-6-8-19/h4-8,18,20,28H,3,9-17H2,1-2H3,(H2,24,30)(H2,25,26,27). The third-order valence-corrected chi connectivity index (χ3v) is 6.30. The Morgan fingerprint density at radius 3 is 2.55 bits per heavy atom. The number of urea groups is 1. The molecule has 8 nitrogen and oxygen atoms in total. The number of carbonyl (C=O) groups is 1. The monoisotopic (exact) mass is 430 g/mol. The molecule has 2 fully saturated rings. The Balaban J connectivity index is 1.64. The van der Waals surface area contributed by atoms with Crippen LogP contribution in [0.3, 0.4) is 0 Å². The van der Waals surface area contributed by atoms with E-state index in [1.807, 2.05) is 6.07 Å². The van der Waals surface area contributed by atoms with Crippen molar-refractivity contribution in [3.63, 3.8) is 0 Å². The van der Waals surface area contributed by atoms with E-state index in [0.29, 0.717) is 19.6 Å². The van der Waals surface area contributed by atoms with Crippen molar-refractivity contribution in [2.45, 2.75) is 57.2 Å². The number of guanidine groups is 1. The number of aliphatic imine (C=N–C) groups is 1. The van der Waals surface area contributed by atoms with Crippen molar-refractivity contribution in [3.8, 4) is 0 Å². The highest BCUT2D eigenvalue weighted by atomic mass is 16.5. The molecule has 2 saturated heterocycles. The summed E-state index contributed by atoms with van der Waals surface area (Å²) in [5, 5.41) is 10.8. The molecule has 1 unspecified atom stereocenters. The smallest absolute Gasteiger partial charge is 0.314 e. The number of piperidine rings is 1. The minimum Gasteiger partial charge on any atom is -0.381 e. The molecule has 0 radical (unpaired) electrons. The maximum atomic E-state index is 11.4. The van der Waals surface area contributed by atoms with Crippen LogP contribution in [-0.4, -0.2) is 67.9 Å². The quantitative estimate of drug-likeness (QED) is 0.391. The van der Waals surface area contributed by atoms with Gasteiger partial charge in [-0.1, -0.05) is 30.3 Å². The van der Waals surface area contributed by atoms with E-state index in [4.69, 9.17) is 15.5 Å². The van der Waals surface area contributed by atoms with Gasteiger partial charge in [0, 0.05) is 50.5 Å². The fourth-order valence-electron chi connectivity index (χ4n) is 4.38. The number of ether oxygens (including phenoxy) is 1. The second-order valence-corrected chi connectivity index (χ2v) is 8.61. The number of nitrogens with one attached hydrogen (secondary N) is 3. The number of nitrogens with two attached hydrogens (primary N) is 1. The largest absolute Gasteiger partial charge is 0.381 e. The Bertz CT molecular complexity index is 712. The first-order chi connectivity index (χ1) is 15.0. The lowest BCUT2D eigenvalue weighted by Gasteiger charge is -2.39. The molecule has 2 heterocycles. The van der Waals surface area contributed by atoms with Gasteiger partial charge >= 0.3 is 6.03 Å².